The summed E-state index contributed by atoms with van der Waals surface area (Å²) in [6, 6.07) is 12.9. The van der Waals surface area contributed by atoms with Gasteiger partial charge in [-0.3, -0.25) is 4.90 Å². The molecule has 0 spiro atoms. The van der Waals surface area contributed by atoms with E-state index < -0.39 is 0 Å². The normalized spacial score (nSPS) is 19.6. The summed E-state index contributed by atoms with van der Waals surface area (Å²) >= 11 is 8.18. The summed E-state index contributed by atoms with van der Waals surface area (Å²) in [4.78, 5) is 3.93. The van der Waals surface area contributed by atoms with Crippen molar-refractivity contribution in [1.82, 2.24) is 10.2 Å². The molecule has 1 saturated heterocycles. The lowest BCUT2D eigenvalue weighted by molar-refractivity contribution is 0.155. The fourth-order valence-corrected chi connectivity index (χ4v) is 3.58. The van der Waals surface area contributed by atoms with Crippen molar-refractivity contribution in [3.05, 3.63) is 57.2 Å². The van der Waals surface area contributed by atoms with Crippen LogP contribution in [0, 0.1) is 0 Å². The van der Waals surface area contributed by atoms with Crippen molar-refractivity contribution >= 4 is 35.3 Å². The number of thiophene rings is 1. The van der Waals surface area contributed by atoms with E-state index >= 15 is 0 Å². The molecule has 1 aliphatic heterocycles. The van der Waals surface area contributed by atoms with Gasteiger partial charge in [-0.15, -0.1) is 23.7 Å². The minimum absolute atomic E-state index is 0. The van der Waals surface area contributed by atoms with Crippen LogP contribution in [0.1, 0.15) is 16.5 Å². The molecular weight excluding hydrogens is 311 g/mol. The van der Waals surface area contributed by atoms with Gasteiger partial charge in [0.15, 0.2) is 0 Å². The molecule has 3 rings (SSSR count). The average molecular weight is 329 g/mol. The zero-order valence-electron chi connectivity index (χ0n) is 11.1. The van der Waals surface area contributed by atoms with Gasteiger partial charge in [0.05, 0.1) is 0 Å². The Morgan fingerprint density at radius 3 is 2.85 bits per heavy atom. The Morgan fingerprint density at radius 2 is 2.10 bits per heavy atom. The maximum atomic E-state index is 6.35. The van der Waals surface area contributed by atoms with Gasteiger partial charge in [0.25, 0.3) is 0 Å². The SMILES string of the molecule is Cl.Clc1ccccc1C1CNCCN1Cc1cccs1. The number of nitrogens with one attached hydrogen (secondary N) is 1. The van der Waals surface area contributed by atoms with Crippen molar-refractivity contribution in [1.29, 1.82) is 0 Å². The van der Waals surface area contributed by atoms with Gasteiger partial charge < -0.3 is 5.32 Å². The zero-order chi connectivity index (χ0) is 13.1. The summed E-state index contributed by atoms with van der Waals surface area (Å²) in [5.74, 6) is 0. The van der Waals surface area contributed by atoms with Crippen LogP contribution in [0.3, 0.4) is 0 Å². The van der Waals surface area contributed by atoms with Crippen molar-refractivity contribution in [2.45, 2.75) is 12.6 Å². The average Bonchev–Trinajstić information content (AvgIpc) is 2.93. The van der Waals surface area contributed by atoms with Crippen LogP contribution in [0.4, 0.5) is 0 Å². The molecule has 0 bridgehead atoms. The Hall–Kier alpha value is -0.580. The maximum Gasteiger partial charge on any atom is 0.0491 e. The van der Waals surface area contributed by atoms with E-state index in [0.29, 0.717) is 6.04 Å². The van der Waals surface area contributed by atoms with Crippen molar-refractivity contribution in [3.63, 3.8) is 0 Å². The molecule has 108 valence electrons. The first-order valence-electron chi connectivity index (χ1n) is 6.56. The molecule has 1 aliphatic rings. The summed E-state index contributed by atoms with van der Waals surface area (Å²) < 4.78 is 0. The lowest BCUT2D eigenvalue weighted by Crippen LogP contribution is -2.45. The van der Waals surface area contributed by atoms with Gasteiger partial charge in [-0.05, 0) is 23.1 Å². The third-order valence-electron chi connectivity index (χ3n) is 3.56. The fourth-order valence-electron chi connectivity index (χ4n) is 2.59. The molecule has 1 atom stereocenters. The molecule has 1 N–H and O–H groups in total. The minimum Gasteiger partial charge on any atom is -0.314 e. The Bertz CT molecular complexity index is 530. The maximum absolute atomic E-state index is 6.35. The van der Waals surface area contributed by atoms with Gasteiger partial charge in [0.2, 0.25) is 0 Å². The fraction of sp³-hybridized carbons (Fsp3) is 0.333. The largest absolute Gasteiger partial charge is 0.314 e. The molecule has 5 heteroatoms. The van der Waals surface area contributed by atoms with Crippen LogP contribution in [-0.4, -0.2) is 24.5 Å². The summed E-state index contributed by atoms with van der Waals surface area (Å²) in [7, 11) is 0. The van der Waals surface area contributed by atoms with E-state index in [1.807, 2.05) is 23.5 Å². The van der Waals surface area contributed by atoms with E-state index in [0.717, 1.165) is 31.2 Å². The minimum atomic E-state index is 0. The number of hydrogen-bond acceptors (Lipinski definition) is 3. The predicted octanol–water partition coefficient (Wildman–Crippen LogP) is 3.97. The Morgan fingerprint density at radius 1 is 1.25 bits per heavy atom. The molecule has 1 fully saturated rings. The van der Waals surface area contributed by atoms with Crippen LogP contribution in [0.2, 0.25) is 5.02 Å². The smallest absolute Gasteiger partial charge is 0.0491 e. The Balaban J connectivity index is 0.00000147. The molecular formula is C15H18Cl2N2S. The van der Waals surface area contributed by atoms with Crippen molar-refractivity contribution in [2.75, 3.05) is 19.6 Å². The van der Waals surface area contributed by atoms with E-state index in [4.69, 9.17) is 11.6 Å². The molecule has 2 heterocycles. The molecule has 20 heavy (non-hydrogen) atoms. The van der Waals surface area contributed by atoms with Crippen molar-refractivity contribution < 1.29 is 0 Å². The third kappa shape index (κ3) is 3.54. The van der Waals surface area contributed by atoms with Gasteiger partial charge in [0.1, 0.15) is 0 Å². The van der Waals surface area contributed by atoms with Crippen molar-refractivity contribution in [2.24, 2.45) is 0 Å². The second-order valence-corrected chi connectivity index (χ2v) is 6.23. The number of nitrogens with zero attached hydrogens (tertiary/aromatic N) is 1. The Kier molecular flexibility index (Phi) is 5.87. The summed E-state index contributed by atoms with van der Waals surface area (Å²) in [6.45, 7) is 4.09. The lowest BCUT2D eigenvalue weighted by atomic mass is 10.0. The molecule has 1 aromatic heterocycles. The zero-order valence-corrected chi connectivity index (χ0v) is 13.5. The standard InChI is InChI=1S/C15H17ClN2S.ClH/c16-14-6-2-1-5-13(14)15-10-17-7-8-18(15)11-12-4-3-9-19-12;/h1-6,9,15,17H,7-8,10-11H2;1H. The van der Waals surface area contributed by atoms with E-state index in [2.05, 4.69) is 39.9 Å². The topological polar surface area (TPSA) is 15.3 Å². The van der Waals surface area contributed by atoms with Crippen molar-refractivity contribution in [3.8, 4) is 0 Å². The number of hydrogen-bond donors (Lipinski definition) is 1. The van der Waals surface area contributed by atoms with E-state index in [1.165, 1.54) is 10.4 Å². The van der Waals surface area contributed by atoms with E-state index in [1.54, 1.807) is 0 Å². The lowest BCUT2D eigenvalue weighted by Gasteiger charge is -2.36. The van der Waals surface area contributed by atoms with Crippen LogP contribution in [0.25, 0.3) is 0 Å². The predicted molar refractivity (Wildman–Crippen MR) is 89.0 cm³/mol. The molecule has 0 amide bonds. The first kappa shape index (κ1) is 15.8. The van der Waals surface area contributed by atoms with Crippen LogP contribution in [-0.2, 0) is 6.54 Å². The number of halogens is 2. The van der Waals surface area contributed by atoms with Gasteiger partial charge >= 0.3 is 0 Å². The molecule has 1 aromatic carbocycles. The third-order valence-corrected chi connectivity index (χ3v) is 4.76. The highest BCUT2D eigenvalue weighted by molar-refractivity contribution is 7.09. The monoisotopic (exact) mass is 328 g/mol. The van der Waals surface area contributed by atoms with Gasteiger partial charge in [-0.2, -0.15) is 0 Å². The van der Waals surface area contributed by atoms with Crippen LogP contribution >= 0.6 is 35.3 Å². The van der Waals surface area contributed by atoms with E-state index in [-0.39, 0.29) is 12.4 Å². The first-order valence-corrected chi connectivity index (χ1v) is 7.82. The summed E-state index contributed by atoms with van der Waals surface area (Å²) in [5, 5.41) is 6.48. The van der Waals surface area contributed by atoms with Gasteiger partial charge in [-0.25, -0.2) is 0 Å². The molecule has 0 radical (unpaired) electrons. The van der Waals surface area contributed by atoms with E-state index in [9.17, 15) is 0 Å². The Labute approximate surface area is 135 Å². The number of piperazine rings is 1. The van der Waals surface area contributed by atoms with Crippen LogP contribution < -0.4 is 5.32 Å². The highest BCUT2D eigenvalue weighted by Gasteiger charge is 2.25. The second-order valence-electron chi connectivity index (χ2n) is 4.79. The van der Waals surface area contributed by atoms with Gasteiger partial charge in [0, 0.05) is 42.1 Å². The summed E-state index contributed by atoms with van der Waals surface area (Å²) in [5.41, 5.74) is 1.23. The molecule has 0 saturated carbocycles. The molecule has 0 aliphatic carbocycles. The summed E-state index contributed by atoms with van der Waals surface area (Å²) in [6.07, 6.45) is 0. The number of benzene rings is 1. The second kappa shape index (κ2) is 7.43. The van der Waals surface area contributed by atoms with Crippen LogP contribution in [0.5, 0.6) is 0 Å². The quantitative estimate of drug-likeness (QED) is 0.917. The first-order chi connectivity index (χ1) is 9.34. The highest BCUT2D eigenvalue weighted by atomic mass is 35.5. The molecule has 2 aromatic rings. The molecule has 2 nitrogen and oxygen atoms in total. The van der Waals surface area contributed by atoms with Gasteiger partial charge in [-0.1, -0.05) is 35.9 Å². The molecule has 1 unspecified atom stereocenters. The van der Waals surface area contributed by atoms with Crippen LogP contribution in [0.15, 0.2) is 41.8 Å². The highest BCUT2D eigenvalue weighted by Crippen LogP contribution is 2.30. The number of rotatable bonds is 3.